The van der Waals surface area contributed by atoms with Crippen molar-refractivity contribution in [2.24, 2.45) is 17.8 Å². The minimum absolute atomic E-state index is 0.0817. The number of amides is 1. The van der Waals surface area contributed by atoms with E-state index in [0.29, 0.717) is 5.91 Å². The first-order valence-electron chi connectivity index (χ1n) is 9.38. The van der Waals surface area contributed by atoms with E-state index in [9.17, 15) is 4.79 Å². The maximum atomic E-state index is 12.9. The molecule has 1 atom stereocenters. The molecule has 1 heterocycles. The molecule has 0 spiro atoms. The Kier molecular flexibility index (Phi) is 2.69. The third-order valence-electron chi connectivity index (χ3n) is 7.38. The van der Waals surface area contributed by atoms with E-state index in [4.69, 9.17) is 0 Å². The number of hydrogen-bond acceptors (Lipinski definition) is 1. The van der Waals surface area contributed by atoms with Gasteiger partial charge in [-0.1, -0.05) is 44.2 Å². The highest BCUT2D eigenvalue weighted by atomic mass is 16.2. The molecule has 23 heavy (non-hydrogen) atoms. The molecule has 6 rings (SSSR count). The molecule has 1 aliphatic heterocycles. The van der Waals surface area contributed by atoms with Crippen LogP contribution in [0.2, 0.25) is 0 Å². The Balaban J connectivity index is 1.46. The van der Waals surface area contributed by atoms with Crippen molar-refractivity contribution in [1.82, 2.24) is 4.90 Å². The van der Waals surface area contributed by atoms with E-state index in [1.54, 1.807) is 0 Å². The molecular formula is C21H27NO. The molecule has 2 nitrogen and oxygen atoms in total. The van der Waals surface area contributed by atoms with Crippen LogP contribution < -0.4 is 0 Å². The van der Waals surface area contributed by atoms with Crippen LogP contribution >= 0.6 is 0 Å². The maximum Gasteiger partial charge on any atom is 0.247 e. The molecule has 4 bridgehead atoms. The first kappa shape index (κ1) is 14.1. The summed E-state index contributed by atoms with van der Waals surface area (Å²) >= 11 is 0. The van der Waals surface area contributed by atoms with Gasteiger partial charge in [0.05, 0.1) is 0 Å². The molecule has 122 valence electrons. The van der Waals surface area contributed by atoms with E-state index < -0.39 is 0 Å². The molecule has 1 amide bonds. The van der Waals surface area contributed by atoms with Gasteiger partial charge in [0.25, 0.3) is 0 Å². The standard InChI is InChI=1S/C21H27NO/c1-20(2,17-6-4-3-5-7-17)18-19(23)22(18)21-11-14-8-15(12-21)10-16(9-14)13-21/h3-7,14-16,18H,8-13H2,1-2H3. The summed E-state index contributed by atoms with van der Waals surface area (Å²) < 4.78 is 0. The molecule has 5 aliphatic rings. The van der Waals surface area contributed by atoms with E-state index in [1.807, 2.05) is 0 Å². The summed E-state index contributed by atoms with van der Waals surface area (Å²) in [5.74, 6) is 3.11. The van der Waals surface area contributed by atoms with Gasteiger partial charge in [-0.15, -0.1) is 0 Å². The highest BCUT2D eigenvalue weighted by Crippen LogP contribution is 2.61. The molecule has 1 saturated heterocycles. The zero-order valence-corrected chi connectivity index (χ0v) is 14.3. The number of benzene rings is 1. The van der Waals surface area contributed by atoms with Crippen LogP contribution in [0.25, 0.3) is 0 Å². The fourth-order valence-electron chi connectivity index (χ4n) is 6.70. The summed E-state index contributed by atoms with van der Waals surface area (Å²) in [5, 5.41) is 0. The molecule has 0 N–H and O–H groups in total. The number of carbonyl (C=O) groups excluding carboxylic acids is 1. The third kappa shape index (κ3) is 1.90. The second-order valence-corrected chi connectivity index (χ2v) is 9.34. The van der Waals surface area contributed by atoms with Crippen LogP contribution in [0.4, 0.5) is 0 Å². The van der Waals surface area contributed by atoms with Crippen molar-refractivity contribution in [2.75, 3.05) is 0 Å². The topological polar surface area (TPSA) is 20.1 Å². The number of rotatable bonds is 3. The van der Waals surface area contributed by atoms with Gasteiger partial charge < -0.3 is 4.90 Å². The number of carbonyl (C=O) groups is 1. The first-order valence-corrected chi connectivity index (χ1v) is 9.38. The van der Waals surface area contributed by atoms with Gasteiger partial charge in [0.1, 0.15) is 6.04 Å². The minimum Gasteiger partial charge on any atom is -0.322 e. The highest BCUT2D eigenvalue weighted by molar-refractivity contribution is 5.99. The minimum atomic E-state index is -0.0817. The van der Waals surface area contributed by atoms with Crippen molar-refractivity contribution in [3.8, 4) is 0 Å². The van der Waals surface area contributed by atoms with Gasteiger partial charge in [-0.2, -0.15) is 0 Å². The van der Waals surface area contributed by atoms with Gasteiger partial charge in [-0.3, -0.25) is 4.79 Å². The SMILES string of the molecule is CC(C)(c1ccccc1)C1C(=O)N1C12CC3CC(CC(C3)C1)C2. The monoisotopic (exact) mass is 309 g/mol. The van der Waals surface area contributed by atoms with Crippen molar-refractivity contribution in [3.05, 3.63) is 35.9 Å². The lowest BCUT2D eigenvalue weighted by molar-refractivity contribution is -0.121. The fraction of sp³-hybridized carbons (Fsp3) is 0.667. The molecular weight excluding hydrogens is 282 g/mol. The Hall–Kier alpha value is -1.31. The lowest BCUT2D eigenvalue weighted by atomic mass is 9.53. The lowest BCUT2D eigenvalue weighted by Gasteiger charge is -2.57. The molecule has 1 unspecified atom stereocenters. The molecule has 1 aromatic rings. The van der Waals surface area contributed by atoms with Crippen LogP contribution in [-0.4, -0.2) is 22.4 Å². The Morgan fingerprint density at radius 2 is 1.48 bits per heavy atom. The van der Waals surface area contributed by atoms with E-state index in [0.717, 1.165) is 17.8 Å². The van der Waals surface area contributed by atoms with Crippen molar-refractivity contribution < 1.29 is 4.79 Å². The second kappa shape index (κ2) is 4.40. The van der Waals surface area contributed by atoms with Crippen LogP contribution in [0.15, 0.2) is 30.3 Å². The van der Waals surface area contributed by atoms with E-state index >= 15 is 0 Å². The van der Waals surface area contributed by atoms with Crippen LogP contribution in [0.5, 0.6) is 0 Å². The van der Waals surface area contributed by atoms with Crippen molar-refractivity contribution in [3.63, 3.8) is 0 Å². The van der Waals surface area contributed by atoms with Gasteiger partial charge in [-0.25, -0.2) is 0 Å². The van der Waals surface area contributed by atoms with E-state index in [-0.39, 0.29) is 17.0 Å². The lowest BCUT2D eigenvalue weighted by Crippen LogP contribution is -2.56. The molecule has 1 aromatic carbocycles. The van der Waals surface area contributed by atoms with Crippen molar-refractivity contribution >= 4 is 5.91 Å². The Bertz CT molecular complexity index is 612. The fourth-order valence-corrected chi connectivity index (χ4v) is 6.70. The zero-order valence-electron chi connectivity index (χ0n) is 14.3. The second-order valence-electron chi connectivity index (χ2n) is 9.34. The average molecular weight is 309 g/mol. The van der Waals surface area contributed by atoms with Crippen molar-refractivity contribution in [1.29, 1.82) is 0 Å². The molecule has 4 aliphatic carbocycles. The normalized spacial score (nSPS) is 41.5. The quantitative estimate of drug-likeness (QED) is 0.768. The number of nitrogens with zero attached hydrogens (tertiary/aromatic N) is 1. The predicted molar refractivity (Wildman–Crippen MR) is 91.0 cm³/mol. The summed E-state index contributed by atoms with van der Waals surface area (Å²) in [6, 6.07) is 10.7. The summed E-state index contributed by atoms with van der Waals surface area (Å²) in [7, 11) is 0. The first-order chi connectivity index (χ1) is 11.0. The Labute approximate surface area is 139 Å². The highest BCUT2D eigenvalue weighted by Gasteiger charge is 2.66. The molecule has 0 radical (unpaired) electrons. The molecule has 5 fully saturated rings. The van der Waals surface area contributed by atoms with Crippen LogP contribution in [-0.2, 0) is 10.2 Å². The molecule has 2 heteroatoms. The van der Waals surface area contributed by atoms with Gasteiger partial charge in [-0.05, 0) is 61.8 Å². The number of hydrogen-bond donors (Lipinski definition) is 0. The Morgan fingerprint density at radius 3 is 2.00 bits per heavy atom. The average Bonchev–Trinajstić information content (AvgIpc) is 3.20. The zero-order chi connectivity index (χ0) is 15.8. The maximum absolute atomic E-state index is 12.9. The van der Waals surface area contributed by atoms with Gasteiger partial charge in [0.15, 0.2) is 0 Å². The summed E-state index contributed by atoms with van der Waals surface area (Å²) in [6.07, 6.45) is 8.17. The predicted octanol–water partition coefficient (Wildman–Crippen LogP) is 4.14. The van der Waals surface area contributed by atoms with Crippen LogP contribution in [0.1, 0.15) is 57.9 Å². The van der Waals surface area contributed by atoms with Crippen molar-refractivity contribution in [2.45, 2.75) is 69.4 Å². The summed E-state index contributed by atoms with van der Waals surface area (Å²) in [5.41, 5.74) is 1.44. The van der Waals surface area contributed by atoms with Gasteiger partial charge >= 0.3 is 0 Å². The molecule has 4 saturated carbocycles. The van der Waals surface area contributed by atoms with Gasteiger partial charge in [0.2, 0.25) is 5.91 Å². The van der Waals surface area contributed by atoms with E-state index in [2.05, 4.69) is 49.1 Å². The summed E-state index contributed by atoms with van der Waals surface area (Å²) in [6.45, 7) is 4.51. The smallest absolute Gasteiger partial charge is 0.247 e. The Morgan fingerprint density at radius 1 is 0.957 bits per heavy atom. The van der Waals surface area contributed by atoms with Gasteiger partial charge in [0, 0.05) is 11.0 Å². The summed E-state index contributed by atoms with van der Waals surface area (Å²) in [4.78, 5) is 15.2. The third-order valence-corrected chi connectivity index (χ3v) is 7.38. The molecule has 0 aromatic heterocycles. The van der Waals surface area contributed by atoms with Crippen LogP contribution in [0.3, 0.4) is 0 Å². The largest absolute Gasteiger partial charge is 0.322 e. The van der Waals surface area contributed by atoms with E-state index in [1.165, 1.54) is 44.1 Å². The van der Waals surface area contributed by atoms with Crippen LogP contribution in [0, 0.1) is 17.8 Å².